The maximum atomic E-state index is 11.5. The Morgan fingerprint density at radius 1 is 1.11 bits per heavy atom. The van der Waals surface area contributed by atoms with Gasteiger partial charge in [0.2, 0.25) is 0 Å². The molecule has 1 aliphatic heterocycles. The summed E-state index contributed by atoms with van der Waals surface area (Å²) >= 11 is 0. The van der Waals surface area contributed by atoms with Gasteiger partial charge in [0.15, 0.2) is 12.1 Å². The van der Waals surface area contributed by atoms with Crippen molar-refractivity contribution in [1.29, 1.82) is 0 Å². The highest BCUT2D eigenvalue weighted by molar-refractivity contribution is 5.94. The minimum absolute atomic E-state index is 0.0109. The second kappa shape index (κ2) is 9.29. The van der Waals surface area contributed by atoms with E-state index in [9.17, 15) is 9.90 Å². The Bertz CT molecular complexity index is 260. The van der Waals surface area contributed by atoms with Gasteiger partial charge in [-0.25, -0.2) is 0 Å². The first-order chi connectivity index (χ1) is 8.74. The Kier molecular flexibility index (Phi) is 7.94. The molecule has 1 N–H and O–H groups in total. The van der Waals surface area contributed by atoms with E-state index < -0.39 is 12.4 Å². The van der Waals surface area contributed by atoms with Gasteiger partial charge in [-0.05, 0) is 18.6 Å². The zero-order valence-electron chi connectivity index (χ0n) is 11.4. The predicted molar refractivity (Wildman–Crippen MR) is 72.3 cm³/mol. The van der Waals surface area contributed by atoms with Gasteiger partial charge in [-0.2, -0.15) is 0 Å². The number of unbranched alkanes of at least 4 members (excludes halogenated alkanes) is 7. The molecule has 0 amide bonds. The molecule has 3 nitrogen and oxygen atoms in total. The summed E-state index contributed by atoms with van der Waals surface area (Å²) in [6, 6.07) is 0. The van der Waals surface area contributed by atoms with Crippen LogP contribution in [0.3, 0.4) is 0 Å². The summed E-state index contributed by atoms with van der Waals surface area (Å²) in [5.41, 5.74) is 0. The van der Waals surface area contributed by atoms with Crippen LogP contribution in [0.4, 0.5) is 0 Å². The number of carbonyl (C=O) groups is 1. The highest BCUT2D eigenvalue weighted by atomic mass is 16.6. The van der Waals surface area contributed by atoms with Gasteiger partial charge >= 0.3 is 0 Å². The highest BCUT2D eigenvalue weighted by Gasteiger charge is 2.22. The summed E-state index contributed by atoms with van der Waals surface area (Å²) in [5.74, 6) is -0.0109. The second-order valence-electron chi connectivity index (χ2n) is 5.04. The number of ether oxygens (including phenoxy) is 1. The zero-order chi connectivity index (χ0) is 13.2. The van der Waals surface area contributed by atoms with Crippen LogP contribution in [0.15, 0.2) is 12.2 Å². The van der Waals surface area contributed by atoms with Crippen molar-refractivity contribution in [3.05, 3.63) is 12.2 Å². The number of rotatable bonds is 9. The third-order valence-corrected chi connectivity index (χ3v) is 3.37. The van der Waals surface area contributed by atoms with Crippen molar-refractivity contribution >= 4 is 5.78 Å². The van der Waals surface area contributed by atoms with Crippen LogP contribution in [0.1, 0.15) is 64.7 Å². The van der Waals surface area contributed by atoms with E-state index in [2.05, 4.69) is 6.92 Å². The SMILES string of the molecule is CCCCCCCCCC[C@H]1OC(O)C=CC1=O. The first-order valence-corrected chi connectivity index (χ1v) is 7.29. The molecule has 18 heavy (non-hydrogen) atoms. The Hall–Kier alpha value is -0.670. The molecular formula is C15H26O3. The number of ketones is 1. The highest BCUT2D eigenvalue weighted by Crippen LogP contribution is 2.16. The fraction of sp³-hybridized carbons (Fsp3) is 0.800. The summed E-state index contributed by atoms with van der Waals surface area (Å²) in [4.78, 5) is 11.5. The Labute approximate surface area is 110 Å². The molecule has 0 aliphatic carbocycles. The topological polar surface area (TPSA) is 46.5 Å². The number of hydrogen-bond donors (Lipinski definition) is 1. The lowest BCUT2D eigenvalue weighted by Crippen LogP contribution is -2.31. The van der Waals surface area contributed by atoms with Crippen LogP contribution in [0.25, 0.3) is 0 Å². The van der Waals surface area contributed by atoms with E-state index in [1.165, 1.54) is 50.7 Å². The van der Waals surface area contributed by atoms with Crippen molar-refractivity contribution in [1.82, 2.24) is 0 Å². The molecule has 2 atom stereocenters. The standard InChI is InChI=1S/C15H26O3/c1-2-3-4-5-6-7-8-9-10-14-13(16)11-12-15(17)18-14/h11-12,14-15,17H,2-10H2,1H3/t14-,15?/m1/s1. The quantitative estimate of drug-likeness (QED) is 0.642. The Morgan fingerprint density at radius 2 is 1.72 bits per heavy atom. The summed E-state index contributed by atoms with van der Waals surface area (Å²) < 4.78 is 5.18. The Balaban J connectivity index is 1.97. The molecule has 0 saturated heterocycles. The lowest BCUT2D eigenvalue weighted by atomic mass is 10.0. The molecule has 0 bridgehead atoms. The lowest BCUT2D eigenvalue weighted by Gasteiger charge is -2.21. The van der Waals surface area contributed by atoms with Crippen LogP contribution < -0.4 is 0 Å². The molecule has 1 unspecified atom stereocenters. The predicted octanol–water partition coefficient (Wildman–Crippen LogP) is 3.36. The monoisotopic (exact) mass is 254 g/mol. The molecule has 1 heterocycles. The van der Waals surface area contributed by atoms with Crippen LogP contribution in [0.5, 0.6) is 0 Å². The molecule has 1 rings (SSSR count). The average molecular weight is 254 g/mol. The van der Waals surface area contributed by atoms with Crippen molar-refractivity contribution in [3.8, 4) is 0 Å². The van der Waals surface area contributed by atoms with E-state index >= 15 is 0 Å². The molecule has 0 aromatic heterocycles. The van der Waals surface area contributed by atoms with Crippen LogP contribution in [-0.4, -0.2) is 23.3 Å². The van der Waals surface area contributed by atoms with Gasteiger partial charge < -0.3 is 9.84 Å². The fourth-order valence-corrected chi connectivity index (χ4v) is 2.24. The molecule has 0 fully saturated rings. The first-order valence-electron chi connectivity index (χ1n) is 7.29. The molecule has 104 valence electrons. The third kappa shape index (κ3) is 6.31. The van der Waals surface area contributed by atoms with E-state index in [1.54, 1.807) is 0 Å². The van der Waals surface area contributed by atoms with Crippen LogP contribution in [0, 0.1) is 0 Å². The molecule has 0 aromatic carbocycles. The van der Waals surface area contributed by atoms with Gasteiger partial charge in [0.1, 0.15) is 6.10 Å². The maximum Gasteiger partial charge on any atom is 0.184 e. The van der Waals surface area contributed by atoms with Crippen molar-refractivity contribution < 1.29 is 14.6 Å². The third-order valence-electron chi connectivity index (χ3n) is 3.37. The van der Waals surface area contributed by atoms with Crippen molar-refractivity contribution in [2.45, 2.75) is 77.1 Å². The van der Waals surface area contributed by atoms with E-state index in [0.717, 1.165) is 19.3 Å². The summed E-state index contributed by atoms with van der Waals surface area (Å²) in [7, 11) is 0. The van der Waals surface area contributed by atoms with Crippen LogP contribution >= 0.6 is 0 Å². The van der Waals surface area contributed by atoms with Gasteiger partial charge in [-0.1, -0.05) is 58.3 Å². The molecular weight excluding hydrogens is 228 g/mol. The van der Waals surface area contributed by atoms with Gasteiger partial charge in [0.05, 0.1) is 0 Å². The molecule has 0 spiro atoms. The van der Waals surface area contributed by atoms with Crippen molar-refractivity contribution in [2.24, 2.45) is 0 Å². The molecule has 3 heteroatoms. The van der Waals surface area contributed by atoms with Crippen LogP contribution in [0.2, 0.25) is 0 Å². The normalized spacial score (nSPS) is 23.6. The summed E-state index contributed by atoms with van der Waals surface area (Å²) in [6.45, 7) is 2.23. The van der Waals surface area contributed by atoms with E-state index in [-0.39, 0.29) is 5.78 Å². The van der Waals surface area contributed by atoms with Gasteiger partial charge in [-0.15, -0.1) is 0 Å². The summed E-state index contributed by atoms with van der Waals surface area (Å²) in [5, 5.41) is 9.26. The second-order valence-corrected chi connectivity index (χ2v) is 5.04. The molecule has 0 aromatic rings. The number of aliphatic hydroxyl groups excluding tert-OH is 1. The number of hydrogen-bond acceptors (Lipinski definition) is 3. The molecule has 1 aliphatic rings. The lowest BCUT2D eigenvalue weighted by molar-refractivity contribution is -0.149. The van der Waals surface area contributed by atoms with Crippen LogP contribution in [-0.2, 0) is 9.53 Å². The van der Waals surface area contributed by atoms with Gasteiger partial charge in [0, 0.05) is 0 Å². The van der Waals surface area contributed by atoms with E-state index in [4.69, 9.17) is 4.74 Å². The van der Waals surface area contributed by atoms with Gasteiger partial charge in [-0.3, -0.25) is 4.79 Å². The smallest absolute Gasteiger partial charge is 0.184 e. The number of carbonyl (C=O) groups excluding carboxylic acids is 1. The summed E-state index contributed by atoms with van der Waals surface area (Å²) in [6.07, 6.45) is 12.2. The van der Waals surface area contributed by atoms with Crippen molar-refractivity contribution in [3.63, 3.8) is 0 Å². The maximum absolute atomic E-state index is 11.5. The first kappa shape index (κ1) is 15.4. The molecule has 0 saturated carbocycles. The minimum atomic E-state index is -0.901. The van der Waals surface area contributed by atoms with Crippen molar-refractivity contribution in [2.75, 3.05) is 0 Å². The van der Waals surface area contributed by atoms with Gasteiger partial charge in [0.25, 0.3) is 0 Å². The Morgan fingerprint density at radius 3 is 2.39 bits per heavy atom. The van der Waals surface area contributed by atoms with E-state index in [0.29, 0.717) is 0 Å². The average Bonchev–Trinajstić information content (AvgIpc) is 2.36. The molecule has 0 radical (unpaired) electrons. The fourth-order valence-electron chi connectivity index (χ4n) is 2.24. The largest absolute Gasteiger partial charge is 0.365 e. The zero-order valence-corrected chi connectivity index (χ0v) is 11.4. The number of aliphatic hydroxyl groups is 1. The minimum Gasteiger partial charge on any atom is -0.365 e. The van der Waals surface area contributed by atoms with E-state index in [1.807, 2.05) is 0 Å².